The van der Waals surface area contributed by atoms with Gasteiger partial charge < -0.3 is 14.2 Å². The number of hydrogen-bond acceptors (Lipinski definition) is 5. The average Bonchev–Trinajstić information content (AvgIpc) is 2.68. The van der Waals surface area contributed by atoms with Gasteiger partial charge in [-0.15, -0.1) is 0 Å². The molecule has 5 heteroatoms. The molecule has 2 heterocycles. The van der Waals surface area contributed by atoms with Gasteiger partial charge in [0.05, 0.1) is 33.0 Å². The Morgan fingerprint density at radius 3 is 1.92 bits per heavy atom. The number of nitrogens with zero attached hydrogens (tertiary/aromatic N) is 2. The number of ether oxygens (including phenoxy) is 3. The fraction of sp³-hybridized carbons (Fsp3) is 0.700. The molecule has 0 spiro atoms. The van der Waals surface area contributed by atoms with Crippen molar-refractivity contribution in [3.05, 3.63) is 29.8 Å². The number of hydrogen-bond donors (Lipinski definition) is 0. The molecule has 1 aromatic rings. The molecule has 2 saturated heterocycles. The lowest BCUT2D eigenvalue weighted by Crippen LogP contribution is -2.37. The average molecular weight is 348 g/mol. The fourth-order valence-electron chi connectivity index (χ4n) is 3.39. The molecular formula is C20H32N2O3. The molecule has 2 aliphatic heterocycles. The molecule has 3 rings (SSSR count). The monoisotopic (exact) mass is 348 g/mol. The summed E-state index contributed by atoms with van der Waals surface area (Å²) in [4.78, 5) is 4.94. The van der Waals surface area contributed by atoms with Gasteiger partial charge in [-0.3, -0.25) is 9.80 Å². The first kappa shape index (κ1) is 18.6. The van der Waals surface area contributed by atoms with Crippen molar-refractivity contribution < 1.29 is 14.2 Å². The molecule has 0 aliphatic carbocycles. The first-order valence-corrected chi connectivity index (χ1v) is 9.72. The summed E-state index contributed by atoms with van der Waals surface area (Å²) in [5.74, 6) is 0.985. The third kappa shape index (κ3) is 6.94. The molecule has 5 nitrogen and oxygen atoms in total. The van der Waals surface area contributed by atoms with Gasteiger partial charge in [-0.2, -0.15) is 0 Å². The molecule has 2 aliphatic rings. The Labute approximate surface area is 151 Å². The zero-order valence-electron chi connectivity index (χ0n) is 15.3. The molecular weight excluding hydrogens is 316 g/mol. The van der Waals surface area contributed by atoms with E-state index in [0.29, 0.717) is 0 Å². The quantitative estimate of drug-likeness (QED) is 0.638. The lowest BCUT2D eigenvalue weighted by molar-refractivity contribution is 0.0358. The van der Waals surface area contributed by atoms with Crippen molar-refractivity contribution in [3.8, 4) is 5.75 Å². The summed E-state index contributed by atoms with van der Waals surface area (Å²) in [6.45, 7) is 10.8. The number of benzene rings is 1. The van der Waals surface area contributed by atoms with Crippen LogP contribution in [0.5, 0.6) is 5.75 Å². The van der Waals surface area contributed by atoms with E-state index in [1.54, 1.807) is 0 Å². The molecule has 0 amide bonds. The number of aryl methyl sites for hydroxylation is 1. The van der Waals surface area contributed by atoms with E-state index in [0.717, 1.165) is 84.3 Å². The van der Waals surface area contributed by atoms with Gasteiger partial charge in [-0.1, -0.05) is 12.1 Å². The molecule has 140 valence electrons. The fourth-order valence-corrected chi connectivity index (χ4v) is 3.39. The van der Waals surface area contributed by atoms with Crippen molar-refractivity contribution in [2.45, 2.75) is 19.3 Å². The summed E-state index contributed by atoms with van der Waals surface area (Å²) in [5.41, 5.74) is 1.40. The van der Waals surface area contributed by atoms with Crippen molar-refractivity contribution in [2.75, 3.05) is 72.3 Å². The van der Waals surface area contributed by atoms with E-state index in [2.05, 4.69) is 34.1 Å². The standard InChI is InChI=1S/C20H32N2O3/c1(8-21-10-15-23-16-11-21)3-19-4-6-20(7-5-19)25-14-2-9-22-12-17-24-18-13-22/h4-7H,1-3,8-18H2. The van der Waals surface area contributed by atoms with Crippen LogP contribution in [0.15, 0.2) is 24.3 Å². The Bertz CT molecular complexity index is 468. The van der Waals surface area contributed by atoms with Crippen LogP contribution in [0.25, 0.3) is 0 Å². The minimum atomic E-state index is 0.785. The van der Waals surface area contributed by atoms with Crippen LogP contribution in [0.4, 0.5) is 0 Å². The maximum absolute atomic E-state index is 5.87. The first-order chi connectivity index (χ1) is 12.4. The smallest absolute Gasteiger partial charge is 0.119 e. The van der Waals surface area contributed by atoms with Crippen molar-refractivity contribution in [1.82, 2.24) is 9.80 Å². The highest BCUT2D eigenvalue weighted by Gasteiger charge is 2.10. The summed E-state index contributed by atoms with van der Waals surface area (Å²) < 4.78 is 16.6. The van der Waals surface area contributed by atoms with Crippen LogP contribution in [0.1, 0.15) is 18.4 Å². The van der Waals surface area contributed by atoms with E-state index in [-0.39, 0.29) is 0 Å². The van der Waals surface area contributed by atoms with Gasteiger partial charge in [0.15, 0.2) is 0 Å². The zero-order chi connectivity index (χ0) is 17.2. The molecule has 0 aromatic heterocycles. The van der Waals surface area contributed by atoms with Gasteiger partial charge in [0.1, 0.15) is 5.75 Å². The third-order valence-corrected chi connectivity index (χ3v) is 4.96. The second-order valence-corrected chi connectivity index (χ2v) is 6.86. The highest BCUT2D eigenvalue weighted by Crippen LogP contribution is 2.14. The van der Waals surface area contributed by atoms with Gasteiger partial charge in [0.25, 0.3) is 0 Å². The van der Waals surface area contributed by atoms with Crippen LogP contribution in [0.3, 0.4) is 0 Å². The molecule has 25 heavy (non-hydrogen) atoms. The molecule has 0 N–H and O–H groups in total. The molecule has 0 atom stereocenters. The Balaban J connectivity index is 1.27. The largest absolute Gasteiger partial charge is 0.494 e. The molecule has 0 bridgehead atoms. The van der Waals surface area contributed by atoms with Crippen LogP contribution in [0, 0.1) is 0 Å². The van der Waals surface area contributed by atoms with E-state index in [1.165, 1.54) is 18.5 Å². The second-order valence-electron chi connectivity index (χ2n) is 6.86. The van der Waals surface area contributed by atoms with Gasteiger partial charge in [-0.05, 0) is 43.5 Å². The van der Waals surface area contributed by atoms with E-state index in [9.17, 15) is 0 Å². The van der Waals surface area contributed by atoms with Crippen molar-refractivity contribution in [3.63, 3.8) is 0 Å². The molecule has 0 radical (unpaired) electrons. The van der Waals surface area contributed by atoms with Gasteiger partial charge in [-0.25, -0.2) is 0 Å². The normalized spacial score (nSPS) is 19.8. The zero-order valence-corrected chi connectivity index (χ0v) is 15.3. The van der Waals surface area contributed by atoms with Gasteiger partial charge in [0, 0.05) is 32.7 Å². The van der Waals surface area contributed by atoms with Crippen LogP contribution in [-0.4, -0.2) is 82.1 Å². The van der Waals surface area contributed by atoms with E-state index in [1.807, 2.05) is 0 Å². The Morgan fingerprint density at radius 1 is 0.760 bits per heavy atom. The highest BCUT2D eigenvalue weighted by atomic mass is 16.5. The van der Waals surface area contributed by atoms with Gasteiger partial charge in [0.2, 0.25) is 0 Å². The maximum Gasteiger partial charge on any atom is 0.119 e. The SMILES string of the molecule is c1cc(OCCCN2CCOCC2)ccc1CCCN1CCOCC1. The molecule has 0 saturated carbocycles. The van der Waals surface area contributed by atoms with Crippen molar-refractivity contribution in [2.24, 2.45) is 0 Å². The van der Waals surface area contributed by atoms with Crippen molar-refractivity contribution >= 4 is 0 Å². The van der Waals surface area contributed by atoms with Gasteiger partial charge >= 0.3 is 0 Å². The van der Waals surface area contributed by atoms with E-state index < -0.39 is 0 Å². The first-order valence-electron chi connectivity index (χ1n) is 9.72. The number of morpholine rings is 2. The minimum Gasteiger partial charge on any atom is -0.494 e. The summed E-state index contributed by atoms with van der Waals surface area (Å²) in [7, 11) is 0. The summed E-state index contributed by atoms with van der Waals surface area (Å²) in [6.07, 6.45) is 3.41. The molecule has 2 fully saturated rings. The minimum absolute atomic E-state index is 0.785. The highest BCUT2D eigenvalue weighted by molar-refractivity contribution is 5.27. The maximum atomic E-state index is 5.87. The Kier molecular flexibility index (Phi) is 8.03. The topological polar surface area (TPSA) is 34.2 Å². The summed E-state index contributed by atoms with van der Waals surface area (Å²) in [6, 6.07) is 8.63. The van der Waals surface area contributed by atoms with Crippen LogP contribution < -0.4 is 4.74 Å². The van der Waals surface area contributed by atoms with Crippen LogP contribution in [0.2, 0.25) is 0 Å². The van der Waals surface area contributed by atoms with Crippen LogP contribution >= 0.6 is 0 Å². The second kappa shape index (κ2) is 10.8. The Morgan fingerprint density at radius 2 is 1.32 bits per heavy atom. The van der Waals surface area contributed by atoms with E-state index >= 15 is 0 Å². The Hall–Kier alpha value is -1.14. The summed E-state index contributed by atoms with van der Waals surface area (Å²) in [5, 5.41) is 0. The summed E-state index contributed by atoms with van der Waals surface area (Å²) >= 11 is 0. The van der Waals surface area contributed by atoms with Crippen LogP contribution in [-0.2, 0) is 15.9 Å². The lowest BCUT2D eigenvalue weighted by atomic mass is 10.1. The van der Waals surface area contributed by atoms with E-state index in [4.69, 9.17) is 14.2 Å². The predicted octanol–water partition coefficient (Wildman–Crippen LogP) is 2.05. The number of rotatable bonds is 9. The predicted molar refractivity (Wildman–Crippen MR) is 99.4 cm³/mol. The third-order valence-electron chi connectivity index (χ3n) is 4.96. The lowest BCUT2D eigenvalue weighted by Gasteiger charge is -2.26. The van der Waals surface area contributed by atoms with Crippen molar-refractivity contribution in [1.29, 1.82) is 0 Å². The molecule has 0 unspecified atom stereocenters. The molecule has 1 aromatic carbocycles.